The zero-order valence-electron chi connectivity index (χ0n) is 16.1. The van der Waals surface area contributed by atoms with Gasteiger partial charge in [0.2, 0.25) is 5.91 Å². The van der Waals surface area contributed by atoms with Crippen LogP contribution in [-0.2, 0) is 9.59 Å². The largest absolute Gasteiger partial charge is 0.506 e. The summed E-state index contributed by atoms with van der Waals surface area (Å²) in [5, 5.41) is 12.6. The Balaban J connectivity index is 0.000000444. The number of halogens is 1. The summed E-state index contributed by atoms with van der Waals surface area (Å²) in [6, 6.07) is 3.14. The molecule has 26 heavy (non-hydrogen) atoms. The minimum atomic E-state index is 0.0532. The zero-order chi connectivity index (χ0) is 20.1. The number of amides is 1. The molecule has 0 radical (unpaired) electrons. The van der Waals surface area contributed by atoms with E-state index in [1.165, 1.54) is 12.1 Å². The quantitative estimate of drug-likeness (QED) is 0.475. The normalized spacial score (nSPS) is 13.5. The maximum atomic E-state index is 11.1. The molecule has 146 valence electrons. The maximum Gasteiger partial charge on any atom is 0.246 e. The van der Waals surface area contributed by atoms with E-state index < -0.39 is 0 Å². The summed E-state index contributed by atoms with van der Waals surface area (Å²) in [7, 11) is 2.07. The zero-order valence-corrected chi connectivity index (χ0v) is 16.8. The number of carbonyl (C=O) groups excluding carboxylic acids is 2. The van der Waals surface area contributed by atoms with Crippen molar-refractivity contribution in [1.82, 2.24) is 9.80 Å². The first-order valence-corrected chi connectivity index (χ1v) is 9.03. The van der Waals surface area contributed by atoms with Crippen molar-refractivity contribution >= 4 is 29.5 Å². The molecule has 7 heteroatoms. The van der Waals surface area contributed by atoms with Crippen LogP contribution in [0.4, 0.5) is 5.69 Å². The third-order valence-electron chi connectivity index (χ3n) is 3.64. The molecule has 1 amide bonds. The Morgan fingerprint density at radius 3 is 2.38 bits per heavy atom. The molecule has 1 saturated heterocycles. The highest BCUT2D eigenvalue weighted by Crippen LogP contribution is 2.29. The van der Waals surface area contributed by atoms with Gasteiger partial charge in [-0.1, -0.05) is 32.0 Å². The summed E-state index contributed by atoms with van der Waals surface area (Å²) in [5.41, 5.74) is 1.38. The molecule has 0 spiro atoms. The van der Waals surface area contributed by atoms with Gasteiger partial charge in [0.1, 0.15) is 12.0 Å². The fourth-order valence-corrected chi connectivity index (χ4v) is 2.28. The predicted molar refractivity (Wildman–Crippen MR) is 108 cm³/mol. The Labute approximate surface area is 161 Å². The molecule has 1 aromatic rings. The van der Waals surface area contributed by atoms with Crippen molar-refractivity contribution in [1.29, 1.82) is 0 Å². The highest BCUT2D eigenvalue weighted by atomic mass is 35.5. The number of aromatic hydroxyl groups is 1. The second-order valence-corrected chi connectivity index (χ2v) is 5.91. The van der Waals surface area contributed by atoms with Crippen LogP contribution in [0.2, 0.25) is 5.02 Å². The SMILES string of the molecule is C=CC(=O)N1CCN(C)CC1.CC.Cc1cc(NCC=O)c(O)cc1Cl. The molecule has 1 fully saturated rings. The van der Waals surface area contributed by atoms with Crippen molar-refractivity contribution in [2.75, 3.05) is 45.1 Å². The Hall–Kier alpha value is -2.05. The number of hydrogen-bond donors (Lipinski definition) is 2. The molecule has 0 aromatic heterocycles. The molecule has 1 aliphatic heterocycles. The second-order valence-electron chi connectivity index (χ2n) is 5.50. The van der Waals surface area contributed by atoms with E-state index in [0.29, 0.717) is 10.7 Å². The van der Waals surface area contributed by atoms with Crippen LogP contribution in [0.15, 0.2) is 24.8 Å². The van der Waals surface area contributed by atoms with E-state index >= 15 is 0 Å². The van der Waals surface area contributed by atoms with Gasteiger partial charge in [-0.25, -0.2) is 0 Å². The number of benzene rings is 1. The monoisotopic (exact) mass is 383 g/mol. The van der Waals surface area contributed by atoms with Gasteiger partial charge in [0.05, 0.1) is 12.2 Å². The Bertz CT molecular complexity index is 586. The molecule has 0 saturated carbocycles. The summed E-state index contributed by atoms with van der Waals surface area (Å²) in [5.74, 6) is 0.107. The Morgan fingerprint density at radius 2 is 1.88 bits per heavy atom. The fraction of sp³-hybridized carbons (Fsp3) is 0.474. The molecule has 0 aliphatic carbocycles. The first-order valence-electron chi connectivity index (χ1n) is 8.65. The lowest BCUT2D eigenvalue weighted by Gasteiger charge is -2.31. The van der Waals surface area contributed by atoms with E-state index in [1.54, 1.807) is 6.07 Å². The van der Waals surface area contributed by atoms with E-state index in [0.717, 1.165) is 38.0 Å². The van der Waals surface area contributed by atoms with Gasteiger partial charge in [-0.3, -0.25) is 4.79 Å². The molecule has 2 rings (SSSR count). The number of nitrogens with one attached hydrogen (secondary N) is 1. The Kier molecular flexibility index (Phi) is 12.2. The van der Waals surface area contributed by atoms with Crippen LogP contribution in [0.1, 0.15) is 19.4 Å². The first kappa shape index (κ1) is 23.9. The molecule has 1 aromatic carbocycles. The minimum absolute atomic E-state index is 0.0532. The number of rotatable bonds is 4. The molecule has 1 aliphatic rings. The molecule has 0 unspecified atom stereocenters. The number of carbonyl (C=O) groups is 2. The second kappa shape index (κ2) is 13.2. The smallest absolute Gasteiger partial charge is 0.246 e. The van der Waals surface area contributed by atoms with Crippen molar-refractivity contribution in [2.24, 2.45) is 0 Å². The number of piperazine rings is 1. The summed E-state index contributed by atoms with van der Waals surface area (Å²) in [6.45, 7) is 13.1. The van der Waals surface area contributed by atoms with Gasteiger partial charge in [0, 0.05) is 37.3 Å². The van der Waals surface area contributed by atoms with Crippen molar-refractivity contribution in [3.05, 3.63) is 35.4 Å². The third-order valence-corrected chi connectivity index (χ3v) is 4.05. The average Bonchev–Trinajstić information content (AvgIpc) is 2.66. The van der Waals surface area contributed by atoms with Gasteiger partial charge in [-0.05, 0) is 31.7 Å². The van der Waals surface area contributed by atoms with Crippen LogP contribution in [0, 0.1) is 6.92 Å². The minimum Gasteiger partial charge on any atom is -0.506 e. The van der Waals surface area contributed by atoms with Crippen molar-refractivity contribution in [3.8, 4) is 5.75 Å². The Morgan fingerprint density at radius 1 is 1.31 bits per heavy atom. The van der Waals surface area contributed by atoms with Gasteiger partial charge in [0.15, 0.2) is 0 Å². The number of anilines is 1. The van der Waals surface area contributed by atoms with E-state index in [4.69, 9.17) is 11.6 Å². The predicted octanol–water partition coefficient (Wildman–Crippen LogP) is 2.94. The number of aryl methyl sites for hydroxylation is 1. The summed E-state index contributed by atoms with van der Waals surface area (Å²) in [6.07, 6.45) is 2.11. The number of phenolic OH excluding ortho intramolecular Hbond substituents is 1. The average molecular weight is 384 g/mol. The number of phenols is 1. The van der Waals surface area contributed by atoms with Gasteiger partial charge >= 0.3 is 0 Å². The number of likely N-dealkylation sites (N-methyl/N-ethyl adjacent to an activating group) is 1. The molecular weight excluding hydrogens is 354 g/mol. The number of aldehydes is 1. The van der Waals surface area contributed by atoms with Crippen LogP contribution >= 0.6 is 11.6 Å². The van der Waals surface area contributed by atoms with E-state index in [9.17, 15) is 14.7 Å². The van der Waals surface area contributed by atoms with Crippen LogP contribution in [0.3, 0.4) is 0 Å². The van der Waals surface area contributed by atoms with E-state index in [2.05, 4.69) is 23.8 Å². The lowest BCUT2D eigenvalue weighted by Crippen LogP contribution is -2.46. The van der Waals surface area contributed by atoms with Gasteiger partial charge in [-0.15, -0.1) is 0 Å². The number of hydrogen-bond acceptors (Lipinski definition) is 5. The standard InChI is InChI=1S/C9H10ClNO2.C8H14N2O.C2H6/c1-6-4-8(11-2-3-12)9(13)5-7(6)10;1-3-8(11)10-6-4-9(2)5-7-10;1-2/h3-5,11,13H,2H2,1H3;3H,1,4-7H2,2H3;1-2H3. The van der Waals surface area contributed by atoms with Crippen LogP contribution in [0.5, 0.6) is 5.75 Å². The third kappa shape index (κ3) is 8.36. The van der Waals surface area contributed by atoms with Crippen molar-refractivity contribution in [3.63, 3.8) is 0 Å². The topological polar surface area (TPSA) is 72.9 Å². The van der Waals surface area contributed by atoms with Gasteiger partial charge in [-0.2, -0.15) is 0 Å². The summed E-state index contributed by atoms with van der Waals surface area (Å²) < 4.78 is 0. The maximum absolute atomic E-state index is 11.1. The van der Waals surface area contributed by atoms with Crippen LogP contribution in [-0.4, -0.2) is 66.9 Å². The molecule has 0 atom stereocenters. The highest BCUT2D eigenvalue weighted by molar-refractivity contribution is 6.31. The molecule has 0 bridgehead atoms. The molecular formula is C19H30ClN3O3. The van der Waals surface area contributed by atoms with Crippen LogP contribution in [0.25, 0.3) is 0 Å². The van der Waals surface area contributed by atoms with Gasteiger partial charge < -0.3 is 25.0 Å². The summed E-state index contributed by atoms with van der Waals surface area (Å²) in [4.78, 5) is 25.2. The highest BCUT2D eigenvalue weighted by Gasteiger charge is 2.15. The lowest BCUT2D eigenvalue weighted by atomic mass is 10.2. The molecule has 6 nitrogen and oxygen atoms in total. The fourth-order valence-electron chi connectivity index (χ4n) is 2.12. The first-order chi connectivity index (χ1) is 12.4. The lowest BCUT2D eigenvalue weighted by molar-refractivity contribution is -0.127. The van der Waals surface area contributed by atoms with E-state index in [1.807, 2.05) is 25.7 Å². The van der Waals surface area contributed by atoms with Crippen LogP contribution < -0.4 is 5.32 Å². The van der Waals surface area contributed by atoms with E-state index in [-0.39, 0.29) is 18.2 Å². The van der Waals surface area contributed by atoms with Crippen molar-refractivity contribution in [2.45, 2.75) is 20.8 Å². The van der Waals surface area contributed by atoms with Gasteiger partial charge in [0.25, 0.3) is 0 Å². The molecule has 2 N–H and O–H groups in total. The summed E-state index contributed by atoms with van der Waals surface area (Å²) >= 11 is 5.76. The number of nitrogens with zero attached hydrogens (tertiary/aromatic N) is 2. The molecule has 1 heterocycles. The van der Waals surface area contributed by atoms with Crippen molar-refractivity contribution < 1.29 is 14.7 Å².